The van der Waals surface area contributed by atoms with Crippen LogP contribution in [0.25, 0.3) is 0 Å². The van der Waals surface area contributed by atoms with Crippen LogP contribution in [0.4, 0.5) is 0 Å². The highest BCUT2D eigenvalue weighted by Gasteiger charge is 2.41. The summed E-state index contributed by atoms with van der Waals surface area (Å²) in [6.45, 7) is 5.20. The number of aromatic nitrogens is 1. The highest BCUT2D eigenvalue weighted by atomic mass is 32.1. The van der Waals surface area contributed by atoms with E-state index >= 15 is 0 Å². The maximum absolute atomic E-state index is 6.26. The van der Waals surface area contributed by atoms with Crippen LogP contribution in [0.1, 0.15) is 74.0 Å². The van der Waals surface area contributed by atoms with Crippen molar-refractivity contribution in [1.82, 2.24) is 4.98 Å². The molecule has 0 spiro atoms. The van der Waals surface area contributed by atoms with Crippen LogP contribution < -0.4 is 5.73 Å². The van der Waals surface area contributed by atoms with Crippen LogP contribution in [0.2, 0.25) is 0 Å². The van der Waals surface area contributed by atoms with Gasteiger partial charge in [0.05, 0.1) is 5.69 Å². The lowest BCUT2D eigenvalue weighted by Gasteiger charge is -2.38. The second kappa shape index (κ2) is 5.74. The Morgan fingerprint density at radius 1 is 1.40 bits per heavy atom. The number of nitrogens with zero attached hydrogens (tertiary/aromatic N) is 1. The largest absolute Gasteiger partial charge is 0.368 e. The fraction of sp³-hybridized carbons (Fsp3) is 0.812. The summed E-state index contributed by atoms with van der Waals surface area (Å²) < 4.78 is 6.25. The highest BCUT2D eigenvalue weighted by molar-refractivity contribution is 7.12. The van der Waals surface area contributed by atoms with Crippen molar-refractivity contribution in [2.24, 2.45) is 11.7 Å². The number of nitrogens with two attached hydrogens (primary N) is 1. The maximum Gasteiger partial charge on any atom is 0.125 e. The summed E-state index contributed by atoms with van der Waals surface area (Å²) in [7, 11) is 0. The summed E-state index contributed by atoms with van der Waals surface area (Å²) in [5, 5.41) is 1.20. The molecule has 1 aromatic heterocycles. The molecule has 3 rings (SSSR count). The van der Waals surface area contributed by atoms with Gasteiger partial charge in [-0.25, -0.2) is 4.98 Å². The minimum atomic E-state index is -0.131. The minimum Gasteiger partial charge on any atom is -0.368 e. The first-order valence-electron chi connectivity index (χ1n) is 8.04. The van der Waals surface area contributed by atoms with E-state index in [1.807, 2.05) is 11.3 Å². The molecule has 20 heavy (non-hydrogen) atoms. The van der Waals surface area contributed by atoms with Gasteiger partial charge in [-0.3, -0.25) is 0 Å². The topological polar surface area (TPSA) is 48.1 Å². The molecule has 1 fully saturated rings. The summed E-state index contributed by atoms with van der Waals surface area (Å²) in [6.07, 6.45) is 8.17. The van der Waals surface area contributed by atoms with Crippen LogP contribution in [0.15, 0.2) is 0 Å². The number of rotatable bonds is 3. The fourth-order valence-electron chi connectivity index (χ4n) is 3.81. The van der Waals surface area contributed by atoms with E-state index in [0.717, 1.165) is 38.2 Å². The van der Waals surface area contributed by atoms with E-state index in [1.54, 1.807) is 0 Å². The summed E-state index contributed by atoms with van der Waals surface area (Å²) in [5.74, 6) is 0.727. The van der Waals surface area contributed by atoms with Crippen molar-refractivity contribution in [3.05, 3.63) is 15.6 Å². The number of hydrogen-bond acceptors (Lipinski definition) is 4. The predicted octanol–water partition coefficient (Wildman–Crippen LogP) is 3.92. The Morgan fingerprint density at radius 2 is 2.25 bits per heavy atom. The normalized spacial score (nSPS) is 34.0. The molecule has 0 radical (unpaired) electrons. The molecule has 3 unspecified atom stereocenters. The van der Waals surface area contributed by atoms with Gasteiger partial charge in [-0.15, -0.1) is 11.3 Å². The number of aryl methyl sites for hydroxylation is 1. The van der Waals surface area contributed by atoms with Crippen LogP contribution in [0.3, 0.4) is 0 Å². The molecule has 0 amide bonds. The zero-order valence-corrected chi connectivity index (χ0v) is 13.5. The molecule has 1 saturated carbocycles. The second-order valence-corrected chi connectivity index (χ2v) is 7.49. The summed E-state index contributed by atoms with van der Waals surface area (Å²) >= 11 is 1.83. The van der Waals surface area contributed by atoms with Gasteiger partial charge in [0, 0.05) is 17.5 Å². The molecule has 2 N–H and O–H groups in total. The predicted molar refractivity (Wildman–Crippen MR) is 82.9 cm³/mol. The van der Waals surface area contributed by atoms with Crippen molar-refractivity contribution < 1.29 is 4.74 Å². The number of ether oxygens (including phenoxy) is 1. The van der Waals surface area contributed by atoms with Gasteiger partial charge in [0.15, 0.2) is 0 Å². The van der Waals surface area contributed by atoms with Gasteiger partial charge >= 0.3 is 0 Å². The van der Waals surface area contributed by atoms with Crippen molar-refractivity contribution in [3.8, 4) is 0 Å². The van der Waals surface area contributed by atoms with E-state index in [-0.39, 0.29) is 11.6 Å². The number of fused-ring (bicyclic) bond motifs is 1. The molecule has 112 valence electrons. The molecular formula is C16H26N2OS. The third-order valence-electron chi connectivity index (χ3n) is 4.76. The van der Waals surface area contributed by atoms with Crippen LogP contribution in [-0.2, 0) is 16.8 Å². The number of hydrogen-bond donors (Lipinski definition) is 1. The molecular weight excluding hydrogens is 268 g/mol. The van der Waals surface area contributed by atoms with Gasteiger partial charge in [0.1, 0.15) is 10.6 Å². The molecule has 0 aromatic carbocycles. The lowest BCUT2D eigenvalue weighted by Crippen LogP contribution is -2.35. The fourth-order valence-corrected chi connectivity index (χ4v) is 5.14. The smallest absolute Gasteiger partial charge is 0.125 e. The molecule has 3 atom stereocenters. The van der Waals surface area contributed by atoms with Gasteiger partial charge in [-0.2, -0.15) is 0 Å². The van der Waals surface area contributed by atoms with Gasteiger partial charge in [0.2, 0.25) is 0 Å². The van der Waals surface area contributed by atoms with E-state index in [1.165, 1.54) is 34.8 Å². The van der Waals surface area contributed by atoms with Crippen molar-refractivity contribution in [1.29, 1.82) is 0 Å². The molecule has 1 heterocycles. The lowest BCUT2D eigenvalue weighted by atomic mass is 9.79. The van der Waals surface area contributed by atoms with Crippen molar-refractivity contribution in [2.75, 3.05) is 6.61 Å². The SMILES string of the molecule is CCOC1(c2nc3c(s2)C(N)CCC3)CCCC(C)C1. The maximum atomic E-state index is 6.26. The Hall–Kier alpha value is -0.450. The summed E-state index contributed by atoms with van der Waals surface area (Å²) in [5.41, 5.74) is 7.38. The quantitative estimate of drug-likeness (QED) is 0.919. The third-order valence-corrected chi connectivity index (χ3v) is 6.17. The third kappa shape index (κ3) is 2.53. The molecule has 0 aliphatic heterocycles. The lowest BCUT2D eigenvalue weighted by molar-refractivity contribution is -0.0821. The van der Waals surface area contributed by atoms with E-state index in [0.29, 0.717) is 0 Å². The molecule has 2 aliphatic carbocycles. The summed E-state index contributed by atoms with van der Waals surface area (Å²) in [4.78, 5) is 6.29. The Balaban J connectivity index is 1.95. The second-order valence-electron chi connectivity index (χ2n) is 6.46. The van der Waals surface area contributed by atoms with E-state index in [4.69, 9.17) is 15.5 Å². The average Bonchev–Trinajstić information content (AvgIpc) is 2.85. The molecule has 3 nitrogen and oxygen atoms in total. The Labute approximate surface area is 125 Å². The molecule has 1 aromatic rings. The van der Waals surface area contributed by atoms with Gasteiger partial charge in [-0.1, -0.05) is 13.3 Å². The Bertz CT molecular complexity index is 469. The van der Waals surface area contributed by atoms with Crippen LogP contribution >= 0.6 is 11.3 Å². The van der Waals surface area contributed by atoms with E-state index in [9.17, 15) is 0 Å². The van der Waals surface area contributed by atoms with Gasteiger partial charge < -0.3 is 10.5 Å². The van der Waals surface area contributed by atoms with Gasteiger partial charge in [-0.05, 0) is 51.4 Å². The minimum absolute atomic E-state index is 0.131. The number of thiazole rings is 1. The molecule has 4 heteroatoms. The van der Waals surface area contributed by atoms with Crippen molar-refractivity contribution in [3.63, 3.8) is 0 Å². The zero-order valence-electron chi connectivity index (χ0n) is 12.7. The first kappa shape index (κ1) is 14.5. The van der Waals surface area contributed by atoms with Gasteiger partial charge in [0.25, 0.3) is 0 Å². The van der Waals surface area contributed by atoms with E-state index in [2.05, 4.69) is 13.8 Å². The van der Waals surface area contributed by atoms with E-state index < -0.39 is 0 Å². The first-order valence-corrected chi connectivity index (χ1v) is 8.86. The first-order chi connectivity index (χ1) is 9.64. The highest BCUT2D eigenvalue weighted by Crippen LogP contribution is 2.46. The monoisotopic (exact) mass is 294 g/mol. The zero-order chi connectivity index (χ0) is 14.2. The Morgan fingerprint density at radius 3 is 2.95 bits per heavy atom. The van der Waals surface area contributed by atoms with Crippen molar-refractivity contribution in [2.45, 2.75) is 70.4 Å². The average molecular weight is 294 g/mol. The molecule has 0 saturated heterocycles. The Kier molecular flexibility index (Phi) is 4.16. The van der Waals surface area contributed by atoms with Crippen molar-refractivity contribution >= 4 is 11.3 Å². The van der Waals surface area contributed by atoms with Crippen LogP contribution in [-0.4, -0.2) is 11.6 Å². The molecule has 0 bridgehead atoms. The standard InChI is InChI=1S/C16H26N2OS/c1-3-19-16(9-5-6-11(2)10-16)15-18-13-8-4-7-12(17)14(13)20-15/h11-12H,3-10,17H2,1-2H3. The summed E-state index contributed by atoms with van der Waals surface area (Å²) in [6, 6.07) is 0.199. The molecule has 2 aliphatic rings. The van der Waals surface area contributed by atoms with Crippen LogP contribution in [0, 0.1) is 5.92 Å². The van der Waals surface area contributed by atoms with Crippen LogP contribution in [0.5, 0.6) is 0 Å².